The van der Waals surface area contributed by atoms with Gasteiger partial charge in [0.2, 0.25) is 0 Å². The number of carbonyl (C=O) groups is 2. The summed E-state index contributed by atoms with van der Waals surface area (Å²) in [7, 11) is 2.82. The lowest BCUT2D eigenvalue weighted by Crippen LogP contribution is -2.51. The summed E-state index contributed by atoms with van der Waals surface area (Å²) in [5.74, 6) is -5.05. The van der Waals surface area contributed by atoms with Crippen molar-refractivity contribution in [3.8, 4) is 0 Å². The van der Waals surface area contributed by atoms with Crippen LogP contribution in [0.5, 0.6) is 0 Å². The molecule has 2 N–H and O–H groups in total. The van der Waals surface area contributed by atoms with Gasteiger partial charge in [-0.25, -0.2) is 10.2 Å². The molecule has 3 amide bonds. The third-order valence-electron chi connectivity index (χ3n) is 1.09. The number of carbonyl (C=O) groups excluding carboxylic acids is 2. The maximum Gasteiger partial charge on any atom is 0.335 e. The molecule has 0 fully saturated rings. The summed E-state index contributed by atoms with van der Waals surface area (Å²) in [6, 6.07) is -0.683. The average molecular weight is 195 g/mol. The Balaban J connectivity index is 3.92. The van der Waals surface area contributed by atoms with E-state index in [0.717, 1.165) is 4.90 Å². The van der Waals surface area contributed by atoms with Crippen LogP contribution >= 0.6 is 0 Å². The highest BCUT2D eigenvalue weighted by atomic mass is 19.3. The number of alkyl halides is 2. The predicted octanol–water partition coefficient (Wildman–Crippen LogP) is -0.0560. The number of hydrogen-bond donors (Lipinski definition) is 2. The third-order valence-corrected chi connectivity index (χ3v) is 1.09. The summed E-state index contributed by atoms with van der Waals surface area (Å²) in [6.07, 6.45) is 0. The van der Waals surface area contributed by atoms with E-state index in [9.17, 15) is 18.4 Å². The standard InChI is InChI=1S/C6H11F2N3O2/c1-6(7,8)4(12)9-10-5(13)11(2)3/h1-3H3,(H,9,12)(H,10,13). The van der Waals surface area contributed by atoms with E-state index in [1.165, 1.54) is 14.1 Å². The summed E-state index contributed by atoms with van der Waals surface area (Å²) >= 11 is 0. The lowest BCUT2D eigenvalue weighted by Gasteiger charge is -2.14. The lowest BCUT2D eigenvalue weighted by molar-refractivity contribution is -0.143. The van der Waals surface area contributed by atoms with Crippen LogP contribution in [0.4, 0.5) is 13.6 Å². The quantitative estimate of drug-likeness (QED) is 0.576. The van der Waals surface area contributed by atoms with Crippen molar-refractivity contribution >= 4 is 11.9 Å². The van der Waals surface area contributed by atoms with Crippen LogP contribution in [0.25, 0.3) is 0 Å². The third kappa shape index (κ3) is 4.24. The average Bonchev–Trinajstić information content (AvgIpc) is 1.97. The molecule has 0 saturated carbocycles. The van der Waals surface area contributed by atoms with Gasteiger partial charge in [-0.1, -0.05) is 0 Å². The molecule has 0 saturated heterocycles. The maximum atomic E-state index is 12.2. The summed E-state index contributed by atoms with van der Waals surface area (Å²) in [6.45, 7) is 0.435. The van der Waals surface area contributed by atoms with Crippen LogP contribution in [-0.2, 0) is 4.79 Å². The normalized spacial score (nSPS) is 10.5. The van der Waals surface area contributed by atoms with E-state index in [1.807, 2.05) is 0 Å². The van der Waals surface area contributed by atoms with Crippen molar-refractivity contribution in [1.82, 2.24) is 15.8 Å². The molecule has 0 aromatic carbocycles. The van der Waals surface area contributed by atoms with Crippen LogP contribution in [-0.4, -0.2) is 36.9 Å². The molecular weight excluding hydrogens is 184 g/mol. The van der Waals surface area contributed by atoms with E-state index < -0.39 is 17.9 Å². The van der Waals surface area contributed by atoms with Crippen molar-refractivity contribution in [2.75, 3.05) is 14.1 Å². The maximum absolute atomic E-state index is 12.2. The lowest BCUT2D eigenvalue weighted by atomic mass is 10.4. The zero-order valence-corrected chi connectivity index (χ0v) is 7.52. The second-order valence-corrected chi connectivity index (χ2v) is 2.67. The monoisotopic (exact) mass is 195 g/mol. The largest absolute Gasteiger partial charge is 0.335 e. The smallest absolute Gasteiger partial charge is 0.330 e. The molecule has 0 atom stereocenters. The first-order valence-corrected chi connectivity index (χ1v) is 3.40. The minimum absolute atomic E-state index is 0.435. The molecule has 0 aliphatic heterocycles. The Hall–Kier alpha value is -1.40. The number of nitrogens with zero attached hydrogens (tertiary/aromatic N) is 1. The molecular formula is C6H11F2N3O2. The van der Waals surface area contributed by atoms with Crippen molar-refractivity contribution < 1.29 is 18.4 Å². The van der Waals surface area contributed by atoms with E-state index in [0.29, 0.717) is 6.92 Å². The van der Waals surface area contributed by atoms with Crippen molar-refractivity contribution in [1.29, 1.82) is 0 Å². The molecule has 0 spiro atoms. The molecule has 0 heterocycles. The van der Waals surface area contributed by atoms with Crippen LogP contribution in [0.1, 0.15) is 6.92 Å². The molecule has 5 nitrogen and oxygen atoms in total. The van der Waals surface area contributed by atoms with E-state index in [-0.39, 0.29) is 0 Å². The van der Waals surface area contributed by atoms with Crippen molar-refractivity contribution in [2.24, 2.45) is 0 Å². The van der Waals surface area contributed by atoms with Crippen molar-refractivity contribution in [2.45, 2.75) is 12.8 Å². The van der Waals surface area contributed by atoms with Crippen molar-refractivity contribution in [3.63, 3.8) is 0 Å². The van der Waals surface area contributed by atoms with Gasteiger partial charge in [-0.15, -0.1) is 0 Å². The Kier molecular flexibility index (Phi) is 3.58. The van der Waals surface area contributed by atoms with Gasteiger partial charge in [0, 0.05) is 21.0 Å². The van der Waals surface area contributed by atoms with E-state index >= 15 is 0 Å². The van der Waals surface area contributed by atoms with Gasteiger partial charge in [-0.3, -0.25) is 10.2 Å². The number of halogens is 2. The highest BCUT2D eigenvalue weighted by Crippen LogP contribution is 2.09. The van der Waals surface area contributed by atoms with Gasteiger partial charge in [0.1, 0.15) is 0 Å². The molecule has 0 unspecified atom stereocenters. The molecule has 0 bridgehead atoms. The van der Waals surface area contributed by atoms with Crippen LogP contribution < -0.4 is 10.9 Å². The van der Waals surface area contributed by atoms with Gasteiger partial charge in [0.15, 0.2) is 0 Å². The van der Waals surface area contributed by atoms with Crippen LogP contribution in [0.15, 0.2) is 0 Å². The number of nitrogens with one attached hydrogen (secondary N) is 2. The van der Waals surface area contributed by atoms with E-state index in [4.69, 9.17) is 0 Å². The number of urea groups is 1. The summed E-state index contributed by atoms with van der Waals surface area (Å²) in [4.78, 5) is 22.3. The molecule has 13 heavy (non-hydrogen) atoms. The zero-order chi connectivity index (χ0) is 10.6. The highest BCUT2D eigenvalue weighted by molar-refractivity contribution is 5.85. The van der Waals surface area contributed by atoms with Crippen LogP contribution in [0.3, 0.4) is 0 Å². The van der Waals surface area contributed by atoms with Gasteiger partial charge < -0.3 is 4.90 Å². The van der Waals surface area contributed by atoms with Crippen LogP contribution in [0, 0.1) is 0 Å². The second-order valence-electron chi connectivity index (χ2n) is 2.67. The Morgan fingerprint density at radius 2 is 1.69 bits per heavy atom. The molecule has 7 heteroatoms. The molecule has 0 radical (unpaired) electrons. The minimum atomic E-state index is -3.50. The summed E-state index contributed by atoms with van der Waals surface area (Å²) < 4.78 is 24.4. The minimum Gasteiger partial charge on any atom is -0.330 e. The Bertz CT molecular complexity index is 212. The van der Waals surface area contributed by atoms with Gasteiger partial charge in [0.05, 0.1) is 0 Å². The number of hydrogen-bond acceptors (Lipinski definition) is 2. The van der Waals surface area contributed by atoms with Crippen LogP contribution in [0.2, 0.25) is 0 Å². The topological polar surface area (TPSA) is 61.4 Å². The molecule has 0 rings (SSSR count). The SMILES string of the molecule is CN(C)C(=O)NNC(=O)C(C)(F)F. The summed E-state index contributed by atoms with van der Waals surface area (Å²) in [5, 5.41) is 0. The number of amides is 3. The Morgan fingerprint density at radius 1 is 1.23 bits per heavy atom. The van der Waals surface area contributed by atoms with E-state index in [1.54, 1.807) is 10.9 Å². The van der Waals surface area contributed by atoms with Gasteiger partial charge in [0.25, 0.3) is 0 Å². The number of rotatable bonds is 1. The van der Waals surface area contributed by atoms with E-state index in [2.05, 4.69) is 0 Å². The Morgan fingerprint density at radius 3 is 2.00 bits per heavy atom. The molecule has 0 aromatic heterocycles. The first-order chi connectivity index (χ1) is 5.75. The fraction of sp³-hybridized carbons (Fsp3) is 0.667. The zero-order valence-electron chi connectivity index (χ0n) is 7.52. The van der Waals surface area contributed by atoms with Gasteiger partial charge >= 0.3 is 17.9 Å². The first kappa shape index (κ1) is 11.6. The molecule has 0 aliphatic rings. The van der Waals surface area contributed by atoms with Crippen molar-refractivity contribution in [3.05, 3.63) is 0 Å². The number of hydrazine groups is 1. The Labute approximate surface area is 74.0 Å². The first-order valence-electron chi connectivity index (χ1n) is 3.40. The molecule has 76 valence electrons. The van der Waals surface area contributed by atoms with Gasteiger partial charge in [-0.05, 0) is 0 Å². The fourth-order valence-corrected chi connectivity index (χ4v) is 0.332. The van der Waals surface area contributed by atoms with Gasteiger partial charge in [-0.2, -0.15) is 8.78 Å². The highest BCUT2D eigenvalue weighted by Gasteiger charge is 2.32. The molecule has 0 aliphatic carbocycles. The second kappa shape index (κ2) is 4.01. The predicted molar refractivity (Wildman–Crippen MR) is 41.0 cm³/mol. The fourth-order valence-electron chi connectivity index (χ4n) is 0.332. The molecule has 0 aromatic rings. The summed E-state index contributed by atoms with van der Waals surface area (Å²) in [5.41, 5.74) is 3.37.